The summed E-state index contributed by atoms with van der Waals surface area (Å²) < 4.78 is 0. The fraction of sp³-hybridized carbons (Fsp3) is 0.647. The van der Waals surface area contributed by atoms with Gasteiger partial charge in [0.1, 0.15) is 0 Å². The van der Waals surface area contributed by atoms with Crippen LogP contribution in [0.15, 0.2) is 24.5 Å². The number of hydrogen-bond acceptors (Lipinski definition) is 4. The van der Waals surface area contributed by atoms with Crippen molar-refractivity contribution in [3.63, 3.8) is 0 Å². The predicted octanol–water partition coefficient (Wildman–Crippen LogP) is 1.53. The molecule has 2 heterocycles. The van der Waals surface area contributed by atoms with E-state index in [4.69, 9.17) is 0 Å². The Bertz CT molecular complexity index is 502. The molecule has 3 rings (SSSR count). The van der Waals surface area contributed by atoms with Gasteiger partial charge < -0.3 is 10.0 Å². The second-order valence-corrected chi connectivity index (χ2v) is 6.45. The number of aliphatic hydroxyl groups is 1. The van der Waals surface area contributed by atoms with Crippen LogP contribution in [0.1, 0.15) is 42.5 Å². The third-order valence-electron chi connectivity index (χ3n) is 5.14. The average molecular weight is 303 g/mol. The van der Waals surface area contributed by atoms with Crippen LogP contribution in [0.4, 0.5) is 0 Å². The van der Waals surface area contributed by atoms with E-state index in [2.05, 4.69) is 9.88 Å². The van der Waals surface area contributed by atoms with Crippen LogP contribution in [-0.2, 0) is 0 Å². The molecule has 2 aliphatic rings. The normalized spacial score (nSPS) is 29.5. The first-order valence-electron chi connectivity index (χ1n) is 8.28. The molecule has 0 radical (unpaired) electrons. The van der Waals surface area contributed by atoms with Gasteiger partial charge in [-0.2, -0.15) is 0 Å². The summed E-state index contributed by atoms with van der Waals surface area (Å²) in [6, 6.07) is 3.56. The number of carbonyl (C=O) groups is 1. The minimum Gasteiger partial charge on any atom is -0.389 e. The topological polar surface area (TPSA) is 56.7 Å². The maximum Gasteiger partial charge on any atom is 0.254 e. The second kappa shape index (κ2) is 6.75. The molecular weight excluding hydrogens is 278 g/mol. The Morgan fingerprint density at radius 1 is 1.23 bits per heavy atom. The first kappa shape index (κ1) is 15.4. The van der Waals surface area contributed by atoms with Crippen LogP contribution in [0.5, 0.6) is 0 Å². The number of nitrogens with zero attached hydrogens (tertiary/aromatic N) is 3. The highest BCUT2D eigenvalue weighted by Gasteiger charge is 2.39. The maximum atomic E-state index is 12.6. The van der Waals surface area contributed by atoms with Crippen molar-refractivity contribution in [1.29, 1.82) is 0 Å². The van der Waals surface area contributed by atoms with E-state index in [1.807, 2.05) is 7.05 Å². The summed E-state index contributed by atoms with van der Waals surface area (Å²) in [5.41, 5.74) is 0.632. The summed E-state index contributed by atoms with van der Waals surface area (Å²) in [5, 5.41) is 10.8. The molecule has 1 saturated carbocycles. The average Bonchev–Trinajstić information content (AvgIpc) is 3.09. The maximum absolute atomic E-state index is 12.6. The van der Waals surface area contributed by atoms with Gasteiger partial charge in [-0.25, -0.2) is 0 Å². The van der Waals surface area contributed by atoms with Crippen molar-refractivity contribution < 1.29 is 9.90 Å². The zero-order valence-electron chi connectivity index (χ0n) is 13.2. The smallest absolute Gasteiger partial charge is 0.254 e. The van der Waals surface area contributed by atoms with Crippen LogP contribution in [0.2, 0.25) is 0 Å². The molecule has 2 fully saturated rings. The largest absolute Gasteiger partial charge is 0.389 e. The molecule has 3 atom stereocenters. The van der Waals surface area contributed by atoms with E-state index in [1.54, 1.807) is 29.4 Å². The van der Waals surface area contributed by atoms with Crippen LogP contribution in [0, 0.1) is 0 Å². The molecule has 5 heteroatoms. The molecular formula is C17H25N3O2. The lowest BCUT2D eigenvalue weighted by atomic mass is 9.86. The van der Waals surface area contributed by atoms with Crippen molar-refractivity contribution in [2.24, 2.45) is 0 Å². The van der Waals surface area contributed by atoms with E-state index in [-0.39, 0.29) is 18.0 Å². The number of aromatic nitrogens is 1. The zero-order chi connectivity index (χ0) is 15.5. The lowest BCUT2D eigenvalue weighted by Crippen LogP contribution is -2.56. The summed E-state index contributed by atoms with van der Waals surface area (Å²) in [5.74, 6) is -0.0338. The molecule has 0 spiro atoms. The lowest BCUT2D eigenvalue weighted by Gasteiger charge is -2.43. The zero-order valence-corrected chi connectivity index (χ0v) is 13.2. The van der Waals surface area contributed by atoms with Crippen molar-refractivity contribution >= 4 is 5.91 Å². The molecule has 120 valence electrons. The van der Waals surface area contributed by atoms with Gasteiger partial charge in [-0.1, -0.05) is 0 Å². The summed E-state index contributed by atoms with van der Waals surface area (Å²) in [6.07, 6.45) is 8.23. The Kier molecular flexibility index (Phi) is 4.74. The highest BCUT2D eigenvalue weighted by Crippen LogP contribution is 2.29. The van der Waals surface area contributed by atoms with Crippen LogP contribution in [0.25, 0.3) is 0 Å². The number of likely N-dealkylation sites (N-methyl/N-ethyl adjacent to an activating group) is 1. The van der Waals surface area contributed by atoms with Crippen molar-refractivity contribution in [3.8, 4) is 0 Å². The van der Waals surface area contributed by atoms with E-state index in [0.717, 1.165) is 32.4 Å². The van der Waals surface area contributed by atoms with E-state index in [1.165, 1.54) is 12.8 Å². The monoisotopic (exact) mass is 303 g/mol. The third-order valence-corrected chi connectivity index (χ3v) is 5.14. The fourth-order valence-electron chi connectivity index (χ4n) is 3.88. The van der Waals surface area contributed by atoms with Gasteiger partial charge in [-0.3, -0.25) is 14.7 Å². The highest BCUT2D eigenvalue weighted by molar-refractivity contribution is 5.94. The molecule has 1 aliphatic heterocycles. The van der Waals surface area contributed by atoms with Crippen LogP contribution in [-0.4, -0.2) is 64.1 Å². The van der Waals surface area contributed by atoms with E-state index >= 15 is 0 Å². The van der Waals surface area contributed by atoms with E-state index in [9.17, 15) is 9.90 Å². The molecule has 0 aromatic carbocycles. The highest BCUT2D eigenvalue weighted by atomic mass is 16.3. The fourth-order valence-corrected chi connectivity index (χ4v) is 3.88. The molecule has 1 aromatic heterocycles. The van der Waals surface area contributed by atoms with E-state index < -0.39 is 6.10 Å². The number of carbonyl (C=O) groups excluding carboxylic acids is 1. The molecule has 1 aromatic rings. The predicted molar refractivity (Wildman–Crippen MR) is 84.6 cm³/mol. The van der Waals surface area contributed by atoms with Crippen molar-refractivity contribution in [3.05, 3.63) is 30.1 Å². The molecule has 22 heavy (non-hydrogen) atoms. The first-order chi connectivity index (χ1) is 10.7. The third kappa shape index (κ3) is 3.01. The van der Waals surface area contributed by atoms with Gasteiger partial charge in [0, 0.05) is 31.0 Å². The lowest BCUT2D eigenvalue weighted by molar-refractivity contribution is -0.0241. The molecule has 0 bridgehead atoms. The van der Waals surface area contributed by atoms with Gasteiger partial charge in [0.2, 0.25) is 0 Å². The van der Waals surface area contributed by atoms with Gasteiger partial charge in [0.05, 0.1) is 12.1 Å². The number of likely N-dealkylation sites (tertiary alicyclic amines) is 1. The van der Waals surface area contributed by atoms with E-state index in [0.29, 0.717) is 5.56 Å². The molecule has 0 unspecified atom stereocenters. The number of hydrogen-bond donors (Lipinski definition) is 1. The number of aliphatic hydroxyl groups excluding tert-OH is 1. The van der Waals surface area contributed by atoms with Crippen LogP contribution in [0.3, 0.4) is 0 Å². The van der Waals surface area contributed by atoms with Crippen molar-refractivity contribution in [2.75, 3.05) is 20.1 Å². The Labute approximate surface area is 131 Å². The summed E-state index contributed by atoms with van der Waals surface area (Å²) in [7, 11) is 1.81. The minimum absolute atomic E-state index is 0.0338. The summed E-state index contributed by atoms with van der Waals surface area (Å²) >= 11 is 0. The van der Waals surface area contributed by atoms with Gasteiger partial charge in [-0.15, -0.1) is 0 Å². The molecule has 1 aliphatic carbocycles. The van der Waals surface area contributed by atoms with Gasteiger partial charge in [0.15, 0.2) is 0 Å². The summed E-state index contributed by atoms with van der Waals surface area (Å²) in [4.78, 5) is 20.7. The van der Waals surface area contributed by atoms with Gasteiger partial charge in [0.25, 0.3) is 5.91 Å². The minimum atomic E-state index is -0.456. The first-order valence-corrected chi connectivity index (χ1v) is 8.28. The van der Waals surface area contributed by atoms with Crippen LogP contribution < -0.4 is 0 Å². The Morgan fingerprint density at radius 2 is 1.91 bits per heavy atom. The molecule has 1 saturated heterocycles. The van der Waals surface area contributed by atoms with Gasteiger partial charge in [-0.05, 0) is 57.3 Å². The number of pyridine rings is 1. The SMILES string of the molecule is CN(C(=O)c1ccncc1)[C@@H]1CCC[C@@H](N2CCCC2)[C@@H]1O. The van der Waals surface area contributed by atoms with Crippen LogP contribution >= 0.6 is 0 Å². The Balaban J connectivity index is 1.71. The Hall–Kier alpha value is -1.46. The van der Waals surface area contributed by atoms with Gasteiger partial charge >= 0.3 is 0 Å². The molecule has 1 amide bonds. The standard InChI is InChI=1S/C17H25N3O2/c1-19(17(22)13-7-9-18-10-8-13)14-5-4-6-15(16(14)21)20-11-2-3-12-20/h7-10,14-16,21H,2-6,11-12H2,1H3/t14-,15-,16-/m1/s1. The Morgan fingerprint density at radius 3 is 2.59 bits per heavy atom. The quantitative estimate of drug-likeness (QED) is 0.920. The molecule has 5 nitrogen and oxygen atoms in total. The second-order valence-electron chi connectivity index (χ2n) is 6.45. The number of amides is 1. The molecule has 1 N–H and O–H groups in total. The van der Waals surface area contributed by atoms with Crippen molar-refractivity contribution in [1.82, 2.24) is 14.8 Å². The summed E-state index contributed by atoms with van der Waals surface area (Å²) in [6.45, 7) is 2.16. The van der Waals surface area contributed by atoms with Crippen molar-refractivity contribution in [2.45, 2.75) is 50.3 Å². The number of rotatable bonds is 3.